The molecule has 1 aromatic carbocycles. The average Bonchev–Trinajstić information content (AvgIpc) is 1.90. The van der Waals surface area contributed by atoms with Crippen LogP contribution in [-0.4, -0.2) is 11.1 Å². The van der Waals surface area contributed by atoms with Gasteiger partial charge in [0.05, 0.1) is 5.56 Å². The first-order valence-electron chi connectivity index (χ1n) is 2.59. The minimum atomic E-state index is -0.879. The Morgan fingerprint density at radius 2 is 1.70 bits per heavy atom. The summed E-state index contributed by atoms with van der Waals surface area (Å²) in [7, 11) is 0. The second-order valence-electron chi connectivity index (χ2n) is 1.67. The number of benzene rings is 1. The van der Waals surface area contributed by atoms with Crippen molar-refractivity contribution in [1.29, 1.82) is 0 Å². The largest absolute Gasteiger partial charge is 0.478 e. The Balaban J connectivity index is 0.000000810. The molecule has 0 amide bonds. The molecule has 3 heteroatoms. The molecule has 0 spiro atoms. The van der Waals surface area contributed by atoms with Crippen LogP contribution in [0.4, 0.5) is 0 Å². The Kier molecular flexibility index (Phi) is 4.73. The van der Waals surface area contributed by atoms with Gasteiger partial charge in [0.1, 0.15) is 0 Å². The summed E-state index contributed by atoms with van der Waals surface area (Å²) < 4.78 is 0. The van der Waals surface area contributed by atoms with Gasteiger partial charge in [-0.2, -0.15) is 0 Å². The first-order valence-corrected chi connectivity index (χ1v) is 2.59. The summed E-state index contributed by atoms with van der Waals surface area (Å²) in [6.45, 7) is 0. The monoisotopic (exact) mass is 281 g/mol. The molecule has 0 heterocycles. The van der Waals surface area contributed by atoms with Crippen molar-refractivity contribution in [3.63, 3.8) is 0 Å². The van der Waals surface area contributed by atoms with Crippen LogP contribution in [0.3, 0.4) is 0 Å². The van der Waals surface area contributed by atoms with E-state index >= 15 is 0 Å². The third-order valence-corrected chi connectivity index (χ3v) is 1.02. The molecular weight excluding hydrogens is 275 g/mol. The van der Waals surface area contributed by atoms with E-state index in [4.69, 9.17) is 5.11 Å². The number of aromatic carboxylic acids is 1. The molecule has 10 heavy (non-hydrogen) atoms. The van der Waals surface area contributed by atoms with E-state index in [0.717, 1.165) is 0 Å². The maximum atomic E-state index is 10.2. The molecule has 0 aliphatic heterocycles. The quantitative estimate of drug-likeness (QED) is 0.844. The van der Waals surface area contributed by atoms with Crippen LogP contribution < -0.4 is 0 Å². The van der Waals surface area contributed by atoms with E-state index in [9.17, 15) is 4.79 Å². The molecule has 0 atom stereocenters. The van der Waals surface area contributed by atoms with Gasteiger partial charge in [-0.15, -0.1) is 0 Å². The smallest absolute Gasteiger partial charge is 0.335 e. The van der Waals surface area contributed by atoms with E-state index < -0.39 is 5.97 Å². The van der Waals surface area contributed by atoms with Crippen LogP contribution in [0.2, 0.25) is 0 Å². The standard InChI is InChI=1S/C7H6O2.Tb/c8-7(9)6-4-2-1-3-5-6;/h1-5H,(H,8,9);. The minimum Gasteiger partial charge on any atom is -0.478 e. The van der Waals surface area contributed by atoms with E-state index in [1.54, 1.807) is 30.3 Å². The summed E-state index contributed by atoms with van der Waals surface area (Å²) >= 11 is 0. The number of hydrogen-bond acceptors (Lipinski definition) is 1. The Hall–Kier alpha value is -0.0243. The first-order chi connectivity index (χ1) is 4.30. The van der Waals surface area contributed by atoms with Crippen molar-refractivity contribution in [3.05, 3.63) is 35.9 Å². The number of carboxylic acids is 1. The van der Waals surface area contributed by atoms with Gasteiger partial charge < -0.3 is 5.11 Å². The van der Waals surface area contributed by atoms with Gasteiger partial charge in [-0.25, -0.2) is 4.79 Å². The average molecular weight is 281 g/mol. The zero-order chi connectivity index (χ0) is 6.69. The molecule has 2 nitrogen and oxygen atoms in total. The van der Waals surface area contributed by atoms with Gasteiger partial charge in [0, 0.05) is 38.6 Å². The maximum Gasteiger partial charge on any atom is 0.335 e. The van der Waals surface area contributed by atoms with E-state index in [1.165, 1.54) is 0 Å². The van der Waals surface area contributed by atoms with Gasteiger partial charge in [-0.3, -0.25) is 0 Å². The number of carbonyl (C=O) groups is 1. The summed E-state index contributed by atoms with van der Waals surface area (Å²) in [6, 6.07) is 8.30. The molecule has 0 saturated carbocycles. The fraction of sp³-hybridized carbons (Fsp3) is 0. The number of rotatable bonds is 1. The van der Waals surface area contributed by atoms with Crippen LogP contribution in [0.1, 0.15) is 10.4 Å². The molecule has 0 aromatic heterocycles. The Labute approximate surface area is 89.7 Å². The second kappa shape index (κ2) is 4.74. The van der Waals surface area contributed by atoms with Gasteiger partial charge in [0.15, 0.2) is 0 Å². The maximum absolute atomic E-state index is 10.2. The van der Waals surface area contributed by atoms with Crippen molar-refractivity contribution in [2.45, 2.75) is 0 Å². The van der Waals surface area contributed by atoms with E-state index in [0.29, 0.717) is 5.56 Å². The summed E-state index contributed by atoms with van der Waals surface area (Å²) in [6.07, 6.45) is 0. The topological polar surface area (TPSA) is 37.3 Å². The van der Waals surface area contributed by atoms with Crippen LogP contribution >= 0.6 is 0 Å². The molecule has 1 rings (SSSR count). The summed E-state index contributed by atoms with van der Waals surface area (Å²) in [5.41, 5.74) is 0.331. The normalized spacial score (nSPS) is 8.00. The van der Waals surface area contributed by atoms with Crippen LogP contribution in [0, 0.1) is 38.6 Å². The van der Waals surface area contributed by atoms with Gasteiger partial charge in [-0.1, -0.05) is 18.2 Å². The van der Waals surface area contributed by atoms with Gasteiger partial charge in [0.2, 0.25) is 0 Å². The Morgan fingerprint density at radius 1 is 1.20 bits per heavy atom. The predicted octanol–water partition coefficient (Wildman–Crippen LogP) is 1.38. The van der Waals surface area contributed by atoms with Crippen molar-refractivity contribution in [2.75, 3.05) is 0 Å². The molecule has 0 bridgehead atoms. The van der Waals surface area contributed by atoms with Crippen LogP contribution in [-0.2, 0) is 0 Å². The Bertz CT molecular complexity index is 208. The van der Waals surface area contributed by atoms with E-state index in [-0.39, 0.29) is 38.6 Å². The number of carboxylic acid groups (broad SMARTS) is 1. The SMILES string of the molecule is O=C(O)c1ccccc1.[Tb]. The van der Waals surface area contributed by atoms with Crippen molar-refractivity contribution in [2.24, 2.45) is 0 Å². The van der Waals surface area contributed by atoms with E-state index in [1.807, 2.05) is 0 Å². The first kappa shape index (κ1) is 9.98. The number of hydrogen-bond donors (Lipinski definition) is 1. The molecule has 0 saturated heterocycles. The molecule has 0 aliphatic rings. The third kappa shape index (κ3) is 2.71. The van der Waals surface area contributed by atoms with Gasteiger partial charge >= 0.3 is 5.97 Å². The molecular formula is C7H6O2Tb. The second-order valence-corrected chi connectivity index (χ2v) is 1.67. The van der Waals surface area contributed by atoms with Crippen molar-refractivity contribution < 1.29 is 48.5 Å². The van der Waals surface area contributed by atoms with Crippen molar-refractivity contribution in [3.8, 4) is 0 Å². The van der Waals surface area contributed by atoms with Crippen LogP contribution in [0.5, 0.6) is 0 Å². The minimum absolute atomic E-state index is 0. The molecule has 0 aliphatic carbocycles. The van der Waals surface area contributed by atoms with Crippen LogP contribution in [0.25, 0.3) is 0 Å². The summed E-state index contributed by atoms with van der Waals surface area (Å²) in [5.74, 6) is -0.879. The zero-order valence-corrected chi connectivity index (χ0v) is 7.21. The van der Waals surface area contributed by atoms with Gasteiger partial charge in [0.25, 0.3) is 0 Å². The summed E-state index contributed by atoms with van der Waals surface area (Å²) in [4.78, 5) is 10.2. The summed E-state index contributed by atoms with van der Waals surface area (Å²) in [5, 5.41) is 8.38. The Morgan fingerprint density at radius 3 is 2.00 bits per heavy atom. The molecule has 1 radical (unpaired) electrons. The molecule has 55 valence electrons. The van der Waals surface area contributed by atoms with E-state index in [2.05, 4.69) is 0 Å². The molecule has 1 N–H and O–H groups in total. The van der Waals surface area contributed by atoms with Gasteiger partial charge in [-0.05, 0) is 12.1 Å². The predicted molar refractivity (Wildman–Crippen MR) is 33.4 cm³/mol. The fourth-order valence-electron chi connectivity index (χ4n) is 0.581. The molecule has 0 fully saturated rings. The zero-order valence-electron chi connectivity index (χ0n) is 5.08. The van der Waals surface area contributed by atoms with Crippen LogP contribution in [0.15, 0.2) is 30.3 Å². The molecule has 1 aromatic rings. The van der Waals surface area contributed by atoms with Crippen molar-refractivity contribution >= 4 is 5.97 Å². The fourth-order valence-corrected chi connectivity index (χ4v) is 0.581. The van der Waals surface area contributed by atoms with Crippen molar-refractivity contribution in [1.82, 2.24) is 0 Å². The molecule has 0 unspecified atom stereocenters. The third-order valence-electron chi connectivity index (χ3n) is 1.02.